The molecule has 0 saturated carbocycles. The quantitative estimate of drug-likeness (QED) is 0.282. The number of nitrogens with one attached hydrogen (secondary N) is 2. The third-order valence-electron chi connectivity index (χ3n) is 4.92. The number of ether oxygens (including phenoxy) is 2. The number of rotatable bonds is 9. The molecule has 0 saturated heterocycles. The van der Waals surface area contributed by atoms with Crippen molar-refractivity contribution in [1.29, 1.82) is 5.41 Å². The molecule has 0 unspecified atom stereocenters. The average Bonchev–Trinajstić information content (AvgIpc) is 3.13. The lowest BCUT2D eigenvalue weighted by Gasteiger charge is -2.16. The molecule has 0 aliphatic carbocycles. The van der Waals surface area contributed by atoms with Gasteiger partial charge in [-0.15, -0.1) is 0 Å². The molecule has 2 N–H and O–H groups in total. The Labute approximate surface area is 188 Å². The molecule has 3 aromatic rings. The Hall–Kier alpha value is -3.68. The summed E-state index contributed by atoms with van der Waals surface area (Å²) in [6.45, 7) is 12.6. The number of hydrogen-bond donors (Lipinski definition) is 2. The van der Waals surface area contributed by atoms with Crippen LogP contribution in [0.1, 0.15) is 43.8 Å². The topological polar surface area (TPSA) is 97.9 Å². The fourth-order valence-electron chi connectivity index (χ4n) is 3.48. The summed E-state index contributed by atoms with van der Waals surface area (Å²) in [6.07, 6.45) is 5.07. The molecule has 0 aliphatic rings. The second-order valence-corrected chi connectivity index (χ2v) is 7.48. The molecule has 32 heavy (non-hydrogen) atoms. The van der Waals surface area contributed by atoms with E-state index >= 15 is 0 Å². The number of hydrogen-bond acceptors (Lipinski definition) is 7. The lowest BCUT2D eigenvalue weighted by Crippen LogP contribution is -2.10. The van der Waals surface area contributed by atoms with E-state index < -0.39 is 0 Å². The van der Waals surface area contributed by atoms with Gasteiger partial charge in [-0.25, -0.2) is 9.97 Å². The number of anilines is 1. The van der Waals surface area contributed by atoms with Crippen LogP contribution in [0.25, 0.3) is 16.6 Å². The number of methoxy groups -OCH3 is 1. The highest BCUT2D eigenvalue weighted by atomic mass is 16.5. The van der Waals surface area contributed by atoms with Gasteiger partial charge < -0.3 is 14.8 Å². The maximum atomic E-state index is 8.34. The van der Waals surface area contributed by atoms with Gasteiger partial charge in [0.05, 0.1) is 36.4 Å². The van der Waals surface area contributed by atoms with Gasteiger partial charge in [-0.2, -0.15) is 5.10 Å². The molecule has 168 valence electrons. The maximum Gasteiger partial charge on any atom is 0.218 e. The smallest absolute Gasteiger partial charge is 0.218 e. The molecule has 8 heteroatoms. The summed E-state index contributed by atoms with van der Waals surface area (Å²) < 4.78 is 12.8. The van der Waals surface area contributed by atoms with Crippen LogP contribution in [0.2, 0.25) is 0 Å². The molecular formula is C24H30N6O2. The van der Waals surface area contributed by atoms with Gasteiger partial charge >= 0.3 is 0 Å². The molecule has 0 aliphatic heterocycles. The number of aromatic nitrogens is 4. The first-order valence-electron chi connectivity index (χ1n) is 10.6. The first kappa shape index (κ1) is 23.0. The molecule has 0 radical (unpaired) electrons. The molecule has 3 aromatic heterocycles. The Kier molecular flexibility index (Phi) is 7.25. The summed E-state index contributed by atoms with van der Waals surface area (Å²) in [6, 6.07) is 5.92. The van der Waals surface area contributed by atoms with Crippen molar-refractivity contribution < 1.29 is 9.47 Å². The fourth-order valence-corrected chi connectivity index (χ4v) is 3.48. The maximum absolute atomic E-state index is 8.34. The molecule has 0 amide bonds. The van der Waals surface area contributed by atoms with E-state index in [-0.39, 0.29) is 11.9 Å². The standard InChI is InChI=1S/C24H30N6O2/c1-7-10-18(23(25)32-8-2)19-13-20(27-14-17-11-9-12-26-24(17)31-6)22-21(28-19)16(5)29-30(22)15(3)4/h7,9-13,15,25H,1,8,14H2,2-6H3,(H,27,28)/b18-10-,25-23?. The number of nitrogens with zero attached hydrogens (tertiary/aromatic N) is 4. The first-order valence-corrected chi connectivity index (χ1v) is 10.6. The molecule has 3 heterocycles. The van der Waals surface area contributed by atoms with Crippen LogP contribution in [0.15, 0.2) is 43.1 Å². The van der Waals surface area contributed by atoms with Crippen molar-refractivity contribution in [2.24, 2.45) is 0 Å². The monoisotopic (exact) mass is 434 g/mol. The molecular weight excluding hydrogens is 404 g/mol. The van der Waals surface area contributed by atoms with Gasteiger partial charge in [0.1, 0.15) is 11.0 Å². The van der Waals surface area contributed by atoms with E-state index in [1.165, 1.54) is 0 Å². The minimum Gasteiger partial charge on any atom is -0.481 e. The summed E-state index contributed by atoms with van der Waals surface area (Å²) in [4.78, 5) is 9.13. The zero-order valence-corrected chi connectivity index (χ0v) is 19.3. The fraction of sp³-hybridized carbons (Fsp3) is 0.333. The highest BCUT2D eigenvalue weighted by molar-refractivity contribution is 6.18. The predicted molar refractivity (Wildman–Crippen MR) is 128 cm³/mol. The van der Waals surface area contributed by atoms with E-state index in [9.17, 15) is 0 Å². The van der Waals surface area contributed by atoms with E-state index in [1.807, 2.05) is 36.7 Å². The number of allylic oxidation sites excluding steroid dienone is 2. The summed E-state index contributed by atoms with van der Waals surface area (Å²) >= 11 is 0. The summed E-state index contributed by atoms with van der Waals surface area (Å²) in [5.74, 6) is 0.623. The summed E-state index contributed by atoms with van der Waals surface area (Å²) in [5, 5.41) is 16.6. The van der Waals surface area contributed by atoms with Crippen molar-refractivity contribution >= 4 is 28.2 Å². The van der Waals surface area contributed by atoms with Gasteiger partial charge in [-0.05, 0) is 45.9 Å². The largest absolute Gasteiger partial charge is 0.481 e. The molecule has 0 fully saturated rings. The van der Waals surface area contributed by atoms with Gasteiger partial charge in [0.15, 0.2) is 0 Å². The molecule has 8 nitrogen and oxygen atoms in total. The number of pyridine rings is 2. The SMILES string of the molecule is C=C/C=C(\C(=N)OCC)c1cc(NCc2cccnc2OC)c2c(n1)c(C)nn2C(C)C. The minimum atomic E-state index is 0.0491. The van der Waals surface area contributed by atoms with Gasteiger partial charge in [0.2, 0.25) is 11.8 Å². The molecule has 3 rings (SSSR count). The predicted octanol–water partition coefficient (Wildman–Crippen LogP) is 4.92. The lowest BCUT2D eigenvalue weighted by atomic mass is 10.1. The molecule has 0 aromatic carbocycles. The van der Waals surface area contributed by atoms with Crippen LogP contribution in [-0.4, -0.2) is 39.4 Å². The number of fused-ring (bicyclic) bond motifs is 1. The van der Waals surface area contributed by atoms with Gasteiger partial charge in [0, 0.05) is 24.3 Å². The number of aryl methyl sites for hydroxylation is 1. The van der Waals surface area contributed by atoms with Crippen molar-refractivity contribution in [3.05, 3.63) is 60.1 Å². The van der Waals surface area contributed by atoms with E-state index in [0.717, 1.165) is 28.0 Å². The zero-order valence-electron chi connectivity index (χ0n) is 19.3. The van der Waals surface area contributed by atoms with Crippen molar-refractivity contribution in [3.63, 3.8) is 0 Å². The van der Waals surface area contributed by atoms with Gasteiger partial charge in [0.25, 0.3) is 0 Å². The Morgan fingerprint density at radius 1 is 1.38 bits per heavy atom. The van der Waals surface area contributed by atoms with Gasteiger partial charge in [-0.1, -0.05) is 18.7 Å². The Bertz CT molecular complexity index is 1160. The van der Waals surface area contributed by atoms with E-state index in [4.69, 9.17) is 25.0 Å². The third kappa shape index (κ3) is 4.64. The normalized spacial score (nSPS) is 11.6. The molecule has 0 bridgehead atoms. The second-order valence-electron chi connectivity index (χ2n) is 7.48. The molecule has 0 atom stereocenters. The van der Waals surface area contributed by atoms with Crippen molar-refractivity contribution in [3.8, 4) is 5.88 Å². The Balaban J connectivity index is 2.16. The highest BCUT2D eigenvalue weighted by Crippen LogP contribution is 2.31. The van der Waals surface area contributed by atoms with Crippen LogP contribution in [0.3, 0.4) is 0 Å². The van der Waals surface area contributed by atoms with Crippen LogP contribution in [0.4, 0.5) is 5.69 Å². The average molecular weight is 435 g/mol. The molecule has 0 spiro atoms. The van der Waals surface area contributed by atoms with Gasteiger partial charge in [-0.3, -0.25) is 10.1 Å². The van der Waals surface area contributed by atoms with Crippen LogP contribution >= 0.6 is 0 Å². The van der Waals surface area contributed by atoms with E-state index in [2.05, 4.69) is 30.7 Å². The third-order valence-corrected chi connectivity index (χ3v) is 4.92. The first-order chi connectivity index (χ1) is 15.4. The van der Waals surface area contributed by atoms with E-state index in [1.54, 1.807) is 25.5 Å². The Morgan fingerprint density at radius 2 is 2.16 bits per heavy atom. The van der Waals surface area contributed by atoms with Crippen LogP contribution in [0.5, 0.6) is 5.88 Å². The second kappa shape index (κ2) is 10.1. The lowest BCUT2D eigenvalue weighted by molar-refractivity contribution is 0.329. The summed E-state index contributed by atoms with van der Waals surface area (Å²) in [5.41, 5.74) is 5.45. The van der Waals surface area contributed by atoms with Crippen molar-refractivity contribution in [2.45, 2.75) is 40.3 Å². The highest BCUT2D eigenvalue weighted by Gasteiger charge is 2.20. The zero-order chi connectivity index (χ0) is 23.3. The van der Waals surface area contributed by atoms with Crippen molar-refractivity contribution in [2.75, 3.05) is 19.0 Å². The van der Waals surface area contributed by atoms with Crippen LogP contribution in [-0.2, 0) is 11.3 Å². The van der Waals surface area contributed by atoms with Crippen molar-refractivity contribution in [1.82, 2.24) is 19.7 Å². The van der Waals surface area contributed by atoms with E-state index in [0.29, 0.717) is 30.3 Å². The van der Waals surface area contributed by atoms with Crippen LogP contribution < -0.4 is 10.1 Å². The summed E-state index contributed by atoms with van der Waals surface area (Å²) in [7, 11) is 1.61. The Morgan fingerprint density at radius 3 is 2.81 bits per heavy atom. The minimum absolute atomic E-state index is 0.0491. The van der Waals surface area contributed by atoms with Crippen LogP contribution in [0, 0.1) is 12.3 Å².